The fraction of sp³-hybridized carbons (Fsp3) is 0.545. The molecule has 0 radical (unpaired) electrons. The molecule has 2 aliphatic rings. The predicted molar refractivity (Wildman–Crippen MR) is 64.2 cm³/mol. The van der Waals surface area contributed by atoms with Crippen LogP contribution >= 0.6 is 20.7 Å². The summed E-state index contributed by atoms with van der Waals surface area (Å²) in [5.41, 5.74) is 1.70. The van der Waals surface area contributed by atoms with Gasteiger partial charge in [0.15, 0.2) is 0 Å². The Morgan fingerprint density at radius 3 is 2.83 bits per heavy atom. The van der Waals surface area contributed by atoms with E-state index < -0.39 is 0 Å². The standard InChI is InChI=1S/C11H15I/c1-2-6-10(7-3-1)11-8-4-5-9-12-11/h1-2,6H,3-5,7-9H2. The second-order valence-corrected chi connectivity index (χ2v) is 6.49. The van der Waals surface area contributed by atoms with Gasteiger partial charge in [-0.15, -0.1) is 20.7 Å². The molecule has 66 valence electrons. The molecule has 1 aliphatic carbocycles. The first-order valence-electron chi connectivity index (χ1n) is 4.78. The van der Waals surface area contributed by atoms with Crippen LogP contribution in [0.2, 0.25) is 0 Å². The summed E-state index contributed by atoms with van der Waals surface area (Å²) in [5.74, 6) is 0. The summed E-state index contributed by atoms with van der Waals surface area (Å²) in [5, 5.41) is 0. The second kappa shape index (κ2) is 4.35. The summed E-state index contributed by atoms with van der Waals surface area (Å²) in [4.78, 5) is 0. The van der Waals surface area contributed by atoms with Crippen LogP contribution < -0.4 is 0 Å². The van der Waals surface area contributed by atoms with Crippen LogP contribution in [0.3, 0.4) is 0 Å². The van der Waals surface area contributed by atoms with Gasteiger partial charge in [0.1, 0.15) is 0 Å². The van der Waals surface area contributed by atoms with Gasteiger partial charge in [0.2, 0.25) is 0 Å². The molecule has 0 atom stereocenters. The SMILES string of the molecule is C1=CCCC(C2=ICCCC2)=C1. The molecule has 1 heterocycles. The van der Waals surface area contributed by atoms with Crippen molar-refractivity contribution in [3.05, 3.63) is 23.8 Å². The summed E-state index contributed by atoms with van der Waals surface area (Å²) in [6.07, 6.45) is 13.9. The van der Waals surface area contributed by atoms with E-state index in [2.05, 4.69) is 18.2 Å². The molecule has 0 saturated heterocycles. The van der Waals surface area contributed by atoms with Gasteiger partial charge in [-0.2, -0.15) is 0 Å². The lowest BCUT2D eigenvalue weighted by atomic mass is 9.99. The molecule has 0 unspecified atom stereocenters. The highest BCUT2D eigenvalue weighted by Gasteiger charge is 2.09. The fourth-order valence-electron chi connectivity index (χ4n) is 1.70. The third-order valence-corrected chi connectivity index (χ3v) is 5.85. The van der Waals surface area contributed by atoms with Crippen molar-refractivity contribution in [2.45, 2.75) is 32.1 Å². The van der Waals surface area contributed by atoms with Crippen molar-refractivity contribution >= 4 is 24.2 Å². The topological polar surface area (TPSA) is 0 Å². The Hall–Kier alpha value is 0.0800. The summed E-state index contributed by atoms with van der Waals surface area (Å²) in [6.45, 7) is 0. The number of alkyl halides is 1. The van der Waals surface area contributed by atoms with Crippen LogP contribution in [0.1, 0.15) is 32.1 Å². The highest BCUT2D eigenvalue weighted by atomic mass is 127. The molecule has 0 aromatic rings. The summed E-state index contributed by atoms with van der Waals surface area (Å²) >= 11 is 0.438. The van der Waals surface area contributed by atoms with Gasteiger partial charge in [-0.05, 0) is 45.6 Å². The molecule has 0 bridgehead atoms. The molecule has 1 aliphatic heterocycles. The first-order chi connectivity index (χ1) is 5.97. The van der Waals surface area contributed by atoms with Crippen molar-refractivity contribution in [1.29, 1.82) is 0 Å². The summed E-state index contributed by atoms with van der Waals surface area (Å²) in [7, 11) is 0. The zero-order valence-electron chi connectivity index (χ0n) is 7.35. The first kappa shape index (κ1) is 8.67. The van der Waals surface area contributed by atoms with Crippen molar-refractivity contribution in [2.75, 3.05) is 4.43 Å². The molecule has 0 spiro atoms. The minimum atomic E-state index is 0.438. The largest absolute Gasteiger partial charge is 0.119 e. The summed E-state index contributed by atoms with van der Waals surface area (Å²) in [6, 6.07) is 0. The quantitative estimate of drug-likeness (QED) is 0.506. The van der Waals surface area contributed by atoms with Gasteiger partial charge in [-0.1, -0.05) is 18.2 Å². The lowest BCUT2D eigenvalue weighted by molar-refractivity contribution is 0.849. The second-order valence-electron chi connectivity index (χ2n) is 3.34. The van der Waals surface area contributed by atoms with Crippen LogP contribution in [-0.4, -0.2) is 7.94 Å². The highest BCUT2D eigenvalue weighted by Crippen LogP contribution is 2.26. The number of allylic oxidation sites excluding steroid dienone is 4. The zero-order valence-corrected chi connectivity index (χ0v) is 9.51. The summed E-state index contributed by atoms with van der Waals surface area (Å²) < 4.78 is 3.40. The predicted octanol–water partition coefficient (Wildman–Crippen LogP) is 3.59. The number of hydrogen-bond acceptors (Lipinski definition) is 0. The molecule has 0 saturated carbocycles. The van der Waals surface area contributed by atoms with Gasteiger partial charge >= 0.3 is 0 Å². The molecule has 0 fully saturated rings. The average Bonchev–Trinajstić information content (AvgIpc) is 2.21. The Kier molecular flexibility index (Phi) is 3.15. The van der Waals surface area contributed by atoms with Gasteiger partial charge in [0.05, 0.1) is 0 Å². The third-order valence-electron chi connectivity index (χ3n) is 2.40. The van der Waals surface area contributed by atoms with Crippen LogP contribution in [0.25, 0.3) is 0 Å². The Bertz CT molecular complexity index is 246. The lowest BCUT2D eigenvalue weighted by Gasteiger charge is -2.16. The number of hydrogen-bond donors (Lipinski definition) is 0. The maximum Gasteiger partial charge on any atom is -0.00498 e. The first-order valence-corrected chi connectivity index (χ1v) is 7.38. The Morgan fingerprint density at radius 1 is 1.17 bits per heavy atom. The molecular formula is C11H15I. The molecule has 0 aromatic carbocycles. The van der Waals surface area contributed by atoms with Gasteiger partial charge in [0.25, 0.3) is 0 Å². The molecular weight excluding hydrogens is 259 g/mol. The molecule has 1 heteroatoms. The average molecular weight is 274 g/mol. The molecule has 2 rings (SSSR count). The van der Waals surface area contributed by atoms with E-state index in [1.54, 1.807) is 5.57 Å². The van der Waals surface area contributed by atoms with Crippen LogP contribution in [0.4, 0.5) is 0 Å². The minimum absolute atomic E-state index is 0.438. The van der Waals surface area contributed by atoms with E-state index in [0.29, 0.717) is 20.7 Å². The molecule has 0 N–H and O–H groups in total. The van der Waals surface area contributed by atoms with Crippen LogP contribution in [0.5, 0.6) is 0 Å². The van der Waals surface area contributed by atoms with E-state index in [0.717, 1.165) is 0 Å². The van der Waals surface area contributed by atoms with E-state index in [9.17, 15) is 0 Å². The minimum Gasteiger partial charge on any atom is -0.119 e. The van der Waals surface area contributed by atoms with E-state index in [4.69, 9.17) is 0 Å². The molecule has 0 aromatic heterocycles. The van der Waals surface area contributed by atoms with Crippen LogP contribution in [0.15, 0.2) is 23.8 Å². The van der Waals surface area contributed by atoms with Gasteiger partial charge < -0.3 is 0 Å². The third kappa shape index (κ3) is 2.06. The van der Waals surface area contributed by atoms with Gasteiger partial charge in [0, 0.05) is 0 Å². The van der Waals surface area contributed by atoms with Crippen LogP contribution in [-0.2, 0) is 0 Å². The number of halogens is 1. The van der Waals surface area contributed by atoms with Crippen LogP contribution in [0, 0.1) is 0 Å². The molecule has 12 heavy (non-hydrogen) atoms. The monoisotopic (exact) mass is 274 g/mol. The Morgan fingerprint density at radius 2 is 2.17 bits per heavy atom. The van der Waals surface area contributed by atoms with Crippen molar-refractivity contribution in [3.8, 4) is 0 Å². The maximum atomic E-state index is 2.35. The molecule has 0 nitrogen and oxygen atoms in total. The van der Waals surface area contributed by atoms with E-state index >= 15 is 0 Å². The smallest absolute Gasteiger partial charge is 0.00498 e. The maximum absolute atomic E-state index is 2.35. The van der Waals surface area contributed by atoms with E-state index in [1.807, 2.05) is 3.51 Å². The Labute approximate surface area is 84.5 Å². The van der Waals surface area contributed by atoms with Crippen molar-refractivity contribution in [3.63, 3.8) is 0 Å². The number of rotatable bonds is 1. The van der Waals surface area contributed by atoms with E-state index in [-0.39, 0.29) is 0 Å². The van der Waals surface area contributed by atoms with E-state index in [1.165, 1.54) is 36.5 Å². The van der Waals surface area contributed by atoms with Crippen molar-refractivity contribution in [2.24, 2.45) is 0 Å². The van der Waals surface area contributed by atoms with Crippen molar-refractivity contribution < 1.29 is 0 Å². The molecule has 0 amide bonds. The fourth-order valence-corrected chi connectivity index (χ4v) is 4.97. The zero-order chi connectivity index (χ0) is 8.23. The van der Waals surface area contributed by atoms with Crippen molar-refractivity contribution in [1.82, 2.24) is 0 Å². The lowest BCUT2D eigenvalue weighted by Crippen LogP contribution is -2.05. The normalized spacial score (nSPS) is 24.0. The Balaban J connectivity index is 2.11. The van der Waals surface area contributed by atoms with Gasteiger partial charge in [-0.25, -0.2) is 0 Å². The highest BCUT2D eigenvalue weighted by molar-refractivity contribution is 14.2. The van der Waals surface area contributed by atoms with Gasteiger partial charge in [-0.3, -0.25) is 0 Å².